The molecule has 0 unspecified atom stereocenters. The van der Waals surface area contributed by atoms with E-state index in [-0.39, 0.29) is 30.4 Å². The molecule has 2 fully saturated rings. The number of methoxy groups -OCH3 is 1. The van der Waals surface area contributed by atoms with Gasteiger partial charge in [-0.15, -0.1) is 0 Å². The fourth-order valence-corrected chi connectivity index (χ4v) is 5.04. The molecule has 2 heterocycles. The molecule has 2 amide bonds. The van der Waals surface area contributed by atoms with Crippen LogP contribution in [-0.4, -0.2) is 65.1 Å². The van der Waals surface area contributed by atoms with Crippen molar-refractivity contribution in [3.8, 4) is 16.9 Å². The molecule has 0 radical (unpaired) electrons. The molecular weight excluding hydrogens is 368 g/mol. The van der Waals surface area contributed by atoms with Gasteiger partial charge in [0.1, 0.15) is 5.75 Å². The molecule has 6 nitrogen and oxygen atoms in total. The average molecular weight is 394 g/mol. The minimum atomic E-state index is -0.414. The summed E-state index contributed by atoms with van der Waals surface area (Å²) in [4.78, 5) is 27.5. The first-order chi connectivity index (χ1) is 13.9. The van der Waals surface area contributed by atoms with E-state index in [1.165, 1.54) is 6.92 Å². The Morgan fingerprint density at radius 2 is 1.76 bits per heavy atom. The minimum Gasteiger partial charge on any atom is -0.497 e. The first-order valence-corrected chi connectivity index (χ1v) is 9.82. The van der Waals surface area contributed by atoms with Crippen LogP contribution < -0.4 is 4.74 Å². The second-order valence-electron chi connectivity index (χ2n) is 7.95. The maximum atomic E-state index is 12.3. The van der Waals surface area contributed by atoms with Gasteiger partial charge in [-0.2, -0.15) is 0 Å². The molecule has 0 bridgehead atoms. The third-order valence-corrected chi connectivity index (χ3v) is 6.35. The van der Waals surface area contributed by atoms with E-state index < -0.39 is 5.54 Å². The summed E-state index contributed by atoms with van der Waals surface area (Å²) in [6, 6.07) is 15.9. The SMILES string of the molecule is COc1cccc(-c2ccc([C@@H]3[C@H](CO)N(C(C)=O)C34CN(C(C)=O)C4)cc2)c1. The highest BCUT2D eigenvalue weighted by molar-refractivity contribution is 5.80. The van der Waals surface area contributed by atoms with Gasteiger partial charge in [-0.05, 0) is 28.8 Å². The number of hydrogen-bond donors (Lipinski definition) is 1. The number of carbonyl (C=O) groups excluding carboxylic acids is 2. The summed E-state index contributed by atoms with van der Waals surface area (Å²) in [6.07, 6.45) is 0. The molecule has 0 aromatic heterocycles. The van der Waals surface area contributed by atoms with Crippen molar-refractivity contribution >= 4 is 11.8 Å². The molecule has 2 saturated heterocycles. The monoisotopic (exact) mass is 394 g/mol. The zero-order chi connectivity index (χ0) is 20.8. The van der Waals surface area contributed by atoms with Crippen LogP contribution in [0.15, 0.2) is 48.5 Å². The number of aliphatic hydroxyl groups is 1. The third-order valence-electron chi connectivity index (χ3n) is 6.35. The van der Waals surface area contributed by atoms with E-state index in [4.69, 9.17) is 4.74 Å². The van der Waals surface area contributed by atoms with E-state index in [0.717, 1.165) is 22.4 Å². The highest BCUT2D eigenvalue weighted by atomic mass is 16.5. The Bertz CT molecular complexity index is 934. The topological polar surface area (TPSA) is 70.1 Å². The van der Waals surface area contributed by atoms with Gasteiger partial charge in [0.05, 0.1) is 25.3 Å². The minimum absolute atomic E-state index is 0.00589. The van der Waals surface area contributed by atoms with Crippen LogP contribution in [-0.2, 0) is 9.59 Å². The molecule has 2 aliphatic rings. The summed E-state index contributed by atoms with van der Waals surface area (Å²) in [7, 11) is 1.65. The Balaban J connectivity index is 1.63. The van der Waals surface area contributed by atoms with Gasteiger partial charge in [-0.3, -0.25) is 9.59 Å². The predicted octanol–water partition coefficient (Wildman–Crippen LogP) is 2.27. The van der Waals surface area contributed by atoms with Gasteiger partial charge in [0.15, 0.2) is 0 Å². The maximum Gasteiger partial charge on any atom is 0.220 e. The number of nitrogens with zero attached hydrogens (tertiary/aromatic N) is 2. The van der Waals surface area contributed by atoms with E-state index in [2.05, 4.69) is 24.3 Å². The summed E-state index contributed by atoms with van der Waals surface area (Å²) in [5.41, 5.74) is 2.80. The lowest BCUT2D eigenvalue weighted by Gasteiger charge is -2.70. The van der Waals surface area contributed by atoms with Crippen molar-refractivity contribution in [2.75, 3.05) is 26.8 Å². The Labute approximate surface area is 170 Å². The Morgan fingerprint density at radius 3 is 2.31 bits per heavy atom. The Kier molecular flexibility index (Phi) is 4.82. The molecule has 29 heavy (non-hydrogen) atoms. The van der Waals surface area contributed by atoms with E-state index in [9.17, 15) is 14.7 Å². The number of likely N-dealkylation sites (tertiary alicyclic amines) is 2. The molecule has 0 saturated carbocycles. The number of rotatable bonds is 4. The van der Waals surface area contributed by atoms with Crippen LogP contribution in [0.2, 0.25) is 0 Å². The van der Waals surface area contributed by atoms with Crippen molar-refractivity contribution in [3.63, 3.8) is 0 Å². The van der Waals surface area contributed by atoms with E-state index in [1.54, 1.807) is 23.8 Å². The van der Waals surface area contributed by atoms with Crippen molar-refractivity contribution in [2.45, 2.75) is 31.3 Å². The first kappa shape index (κ1) is 19.5. The van der Waals surface area contributed by atoms with Gasteiger partial charge in [0.2, 0.25) is 11.8 Å². The van der Waals surface area contributed by atoms with Crippen molar-refractivity contribution in [1.82, 2.24) is 9.80 Å². The Hall–Kier alpha value is -2.86. The molecule has 1 spiro atoms. The predicted molar refractivity (Wildman–Crippen MR) is 110 cm³/mol. The quantitative estimate of drug-likeness (QED) is 0.864. The number of hydrogen-bond acceptors (Lipinski definition) is 4. The zero-order valence-electron chi connectivity index (χ0n) is 17.0. The largest absolute Gasteiger partial charge is 0.497 e. The molecule has 152 valence electrons. The smallest absolute Gasteiger partial charge is 0.220 e. The summed E-state index contributed by atoms with van der Waals surface area (Å²) >= 11 is 0. The highest BCUT2D eigenvalue weighted by Gasteiger charge is 2.67. The zero-order valence-corrected chi connectivity index (χ0v) is 17.0. The van der Waals surface area contributed by atoms with Gasteiger partial charge < -0.3 is 19.6 Å². The van der Waals surface area contributed by atoms with Gasteiger partial charge >= 0.3 is 0 Å². The summed E-state index contributed by atoms with van der Waals surface area (Å²) in [5.74, 6) is 0.766. The first-order valence-electron chi connectivity index (χ1n) is 9.82. The van der Waals surface area contributed by atoms with Gasteiger partial charge in [-0.25, -0.2) is 0 Å². The summed E-state index contributed by atoms with van der Waals surface area (Å²) < 4.78 is 5.31. The van der Waals surface area contributed by atoms with Crippen LogP contribution >= 0.6 is 0 Å². The molecule has 2 aliphatic heterocycles. The highest BCUT2D eigenvalue weighted by Crippen LogP contribution is 2.53. The number of benzene rings is 2. The van der Waals surface area contributed by atoms with Crippen LogP contribution in [0.5, 0.6) is 5.75 Å². The molecule has 4 rings (SSSR count). The molecule has 2 aromatic carbocycles. The van der Waals surface area contributed by atoms with Gasteiger partial charge in [0.25, 0.3) is 0 Å². The van der Waals surface area contributed by atoms with Crippen molar-refractivity contribution in [2.24, 2.45) is 0 Å². The molecule has 6 heteroatoms. The number of aliphatic hydroxyl groups excluding tert-OH is 1. The van der Waals surface area contributed by atoms with Crippen molar-refractivity contribution < 1.29 is 19.4 Å². The number of carbonyl (C=O) groups is 2. The lowest BCUT2D eigenvalue weighted by molar-refractivity contribution is -0.200. The lowest BCUT2D eigenvalue weighted by Crippen LogP contribution is -2.85. The van der Waals surface area contributed by atoms with E-state index in [1.807, 2.05) is 24.3 Å². The van der Waals surface area contributed by atoms with Crippen LogP contribution in [0.3, 0.4) is 0 Å². The third kappa shape index (κ3) is 2.99. The fourth-order valence-electron chi connectivity index (χ4n) is 5.04. The van der Waals surface area contributed by atoms with Crippen LogP contribution in [0.25, 0.3) is 11.1 Å². The van der Waals surface area contributed by atoms with Crippen LogP contribution in [0, 0.1) is 0 Å². The van der Waals surface area contributed by atoms with Crippen LogP contribution in [0.4, 0.5) is 0 Å². The molecule has 2 aromatic rings. The van der Waals surface area contributed by atoms with Gasteiger partial charge in [0, 0.05) is 32.9 Å². The van der Waals surface area contributed by atoms with Crippen molar-refractivity contribution in [1.29, 1.82) is 0 Å². The molecule has 2 atom stereocenters. The van der Waals surface area contributed by atoms with E-state index >= 15 is 0 Å². The second-order valence-corrected chi connectivity index (χ2v) is 7.95. The summed E-state index contributed by atoms with van der Waals surface area (Å²) in [6.45, 7) is 4.01. The second kappa shape index (κ2) is 7.19. The van der Waals surface area contributed by atoms with Gasteiger partial charge in [-0.1, -0.05) is 36.4 Å². The van der Waals surface area contributed by atoms with E-state index in [0.29, 0.717) is 13.1 Å². The van der Waals surface area contributed by atoms with Crippen molar-refractivity contribution in [3.05, 3.63) is 54.1 Å². The molecule has 0 aliphatic carbocycles. The van der Waals surface area contributed by atoms with Crippen LogP contribution in [0.1, 0.15) is 25.3 Å². The Morgan fingerprint density at radius 1 is 1.07 bits per heavy atom. The standard InChI is InChI=1S/C23H26N2O4/c1-15(27)24-13-23(14-24)22(21(12-26)25(23)16(2)28)18-9-7-17(8-10-18)19-5-4-6-20(11-19)29-3/h4-11,21-22,26H,12-14H2,1-3H3/t21-,22+/m0/s1. The maximum absolute atomic E-state index is 12.3. The lowest BCUT2D eigenvalue weighted by atomic mass is 9.60. The normalized spacial score (nSPS) is 22.1. The number of amides is 2. The summed E-state index contributed by atoms with van der Waals surface area (Å²) in [5, 5.41) is 9.97. The average Bonchev–Trinajstić information content (AvgIpc) is 2.66. The number of ether oxygens (including phenoxy) is 1. The fraction of sp³-hybridized carbons (Fsp3) is 0.391. The molecule has 1 N–H and O–H groups in total. The molecular formula is C23H26N2O4.